The SMILES string of the molecule is CC(NC(=O)C1(N)CCC1)c1ccc2c(c1)CCCC2. The van der Waals surface area contributed by atoms with E-state index in [0.29, 0.717) is 0 Å². The number of fused-ring (bicyclic) bond motifs is 1. The lowest BCUT2D eigenvalue weighted by molar-refractivity contribution is -0.129. The van der Waals surface area contributed by atoms with E-state index < -0.39 is 5.54 Å². The standard InChI is InChI=1S/C17H24N2O/c1-12(19-16(20)17(18)9-4-10-17)14-8-7-13-5-2-3-6-15(13)11-14/h7-8,11-12H,2-6,9-10,18H2,1H3,(H,19,20). The molecule has 0 heterocycles. The van der Waals surface area contributed by atoms with Crippen molar-refractivity contribution < 1.29 is 4.79 Å². The van der Waals surface area contributed by atoms with Gasteiger partial charge in [-0.2, -0.15) is 0 Å². The Morgan fingerprint density at radius 3 is 2.55 bits per heavy atom. The lowest BCUT2D eigenvalue weighted by Crippen LogP contribution is -2.58. The minimum absolute atomic E-state index is 0.00831. The van der Waals surface area contributed by atoms with Crippen LogP contribution in [0.3, 0.4) is 0 Å². The number of amides is 1. The van der Waals surface area contributed by atoms with Crippen molar-refractivity contribution in [2.45, 2.75) is 63.5 Å². The van der Waals surface area contributed by atoms with E-state index >= 15 is 0 Å². The van der Waals surface area contributed by atoms with Gasteiger partial charge < -0.3 is 11.1 Å². The highest BCUT2D eigenvalue weighted by Crippen LogP contribution is 2.30. The number of carbonyl (C=O) groups is 1. The molecule has 1 amide bonds. The molecule has 1 fully saturated rings. The number of rotatable bonds is 3. The number of benzene rings is 1. The lowest BCUT2D eigenvalue weighted by atomic mass is 9.77. The van der Waals surface area contributed by atoms with E-state index in [-0.39, 0.29) is 11.9 Å². The van der Waals surface area contributed by atoms with E-state index in [2.05, 4.69) is 23.5 Å². The molecule has 1 aromatic rings. The maximum Gasteiger partial charge on any atom is 0.240 e. The summed E-state index contributed by atoms with van der Waals surface area (Å²) < 4.78 is 0. The maximum absolute atomic E-state index is 12.2. The smallest absolute Gasteiger partial charge is 0.240 e. The van der Waals surface area contributed by atoms with Crippen LogP contribution < -0.4 is 11.1 Å². The average Bonchev–Trinajstić information content (AvgIpc) is 2.44. The monoisotopic (exact) mass is 272 g/mol. The molecule has 108 valence electrons. The van der Waals surface area contributed by atoms with Crippen molar-refractivity contribution in [3.63, 3.8) is 0 Å². The topological polar surface area (TPSA) is 55.1 Å². The Balaban J connectivity index is 1.70. The molecule has 0 aliphatic heterocycles. The molecule has 0 spiro atoms. The minimum atomic E-state index is -0.609. The molecule has 1 aromatic carbocycles. The van der Waals surface area contributed by atoms with Gasteiger partial charge in [-0.15, -0.1) is 0 Å². The maximum atomic E-state index is 12.2. The largest absolute Gasteiger partial charge is 0.348 e. The van der Waals surface area contributed by atoms with Gasteiger partial charge in [0.1, 0.15) is 0 Å². The van der Waals surface area contributed by atoms with E-state index in [1.807, 2.05) is 6.92 Å². The average molecular weight is 272 g/mol. The van der Waals surface area contributed by atoms with E-state index in [9.17, 15) is 4.79 Å². The fourth-order valence-corrected chi connectivity index (χ4v) is 3.23. The third-order valence-corrected chi connectivity index (χ3v) is 4.92. The Morgan fingerprint density at radius 2 is 1.90 bits per heavy atom. The van der Waals surface area contributed by atoms with Crippen LogP contribution in [0, 0.1) is 0 Å². The minimum Gasteiger partial charge on any atom is -0.348 e. The number of nitrogens with two attached hydrogens (primary N) is 1. The van der Waals surface area contributed by atoms with Crippen LogP contribution >= 0.6 is 0 Å². The molecule has 20 heavy (non-hydrogen) atoms. The Hall–Kier alpha value is -1.35. The fraction of sp³-hybridized carbons (Fsp3) is 0.588. The number of hydrogen-bond acceptors (Lipinski definition) is 2. The highest BCUT2D eigenvalue weighted by atomic mass is 16.2. The molecule has 1 atom stereocenters. The molecule has 0 saturated heterocycles. The molecule has 2 aliphatic carbocycles. The van der Waals surface area contributed by atoms with Gasteiger partial charge in [-0.25, -0.2) is 0 Å². The first-order valence-corrected chi connectivity index (χ1v) is 7.80. The van der Waals surface area contributed by atoms with Gasteiger partial charge >= 0.3 is 0 Å². The summed E-state index contributed by atoms with van der Waals surface area (Å²) in [7, 11) is 0. The van der Waals surface area contributed by atoms with Gasteiger partial charge in [0.2, 0.25) is 5.91 Å². The quantitative estimate of drug-likeness (QED) is 0.888. The summed E-state index contributed by atoms with van der Waals surface area (Å²) in [6, 6.07) is 6.69. The second-order valence-electron chi connectivity index (χ2n) is 6.44. The zero-order chi connectivity index (χ0) is 14.2. The van der Waals surface area contributed by atoms with Gasteiger partial charge in [0.25, 0.3) is 0 Å². The van der Waals surface area contributed by atoms with E-state index in [1.54, 1.807) is 0 Å². The van der Waals surface area contributed by atoms with Crippen LogP contribution in [0.1, 0.15) is 61.8 Å². The molecule has 3 heteroatoms. The van der Waals surface area contributed by atoms with Crippen molar-refractivity contribution in [1.82, 2.24) is 5.32 Å². The van der Waals surface area contributed by atoms with Crippen LogP contribution in [-0.4, -0.2) is 11.4 Å². The summed E-state index contributed by atoms with van der Waals surface area (Å²) in [5.74, 6) is 0.00831. The molecule has 0 bridgehead atoms. The number of nitrogens with one attached hydrogen (secondary N) is 1. The highest BCUT2D eigenvalue weighted by Gasteiger charge is 2.40. The van der Waals surface area contributed by atoms with E-state index in [1.165, 1.54) is 42.4 Å². The second kappa shape index (κ2) is 5.21. The first-order chi connectivity index (χ1) is 9.58. The van der Waals surface area contributed by atoms with Gasteiger partial charge in [-0.1, -0.05) is 18.2 Å². The molecule has 3 rings (SSSR count). The van der Waals surface area contributed by atoms with Gasteiger partial charge in [0, 0.05) is 0 Å². The van der Waals surface area contributed by atoms with Crippen LogP contribution in [0.4, 0.5) is 0 Å². The van der Waals surface area contributed by atoms with Crippen LogP contribution in [0.15, 0.2) is 18.2 Å². The van der Waals surface area contributed by atoms with Crippen LogP contribution in [0.2, 0.25) is 0 Å². The van der Waals surface area contributed by atoms with Gasteiger partial charge in [0.15, 0.2) is 0 Å². The van der Waals surface area contributed by atoms with Crippen molar-refractivity contribution in [1.29, 1.82) is 0 Å². The molecule has 3 N–H and O–H groups in total. The van der Waals surface area contributed by atoms with Crippen LogP contribution in [0.5, 0.6) is 0 Å². The van der Waals surface area contributed by atoms with Gasteiger partial charge in [-0.3, -0.25) is 4.79 Å². The summed E-state index contributed by atoms with van der Waals surface area (Å²) >= 11 is 0. The zero-order valence-electron chi connectivity index (χ0n) is 12.2. The van der Waals surface area contributed by atoms with Crippen molar-refractivity contribution in [2.24, 2.45) is 5.73 Å². The zero-order valence-corrected chi connectivity index (χ0v) is 12.2. The van der Waals surface area contributed by atoms with E-state index in [4.69, 9.17) is 5.73 Å². The molecular weight excluding hydrogens is 248 g/mol. The predicted octanol–water partition coefficient (Wildman–Crippen LogP) is 2.62. The normalized spacial score (nSPS) is 21.5. The molecular formula is C17H24N2O. The highest BCUT2D eigenvalue weighted by molar-refractivity contribution is 5.87. The summed E-state index contributed by atoms with van der Waals surface area (Å²) in [5.41, 5.74) is 9.60. The Morgan fingerprint density at radius 1 is 1.20 bits per heavy atom. The summed E-state index contributed by atoms with van der Waals surface area (Å²) in [5, 5.41) is 3.08. The third-order valence-electron chi connectivity index (χ3n) is 4.92. The van der Waals surface area contributed by atoms with Crippen molar-refractivity contribution in [2.75, 3.05) is 0 Å². The third kappa shape index (κ3) is 2.47. The van der Waals surface area contributed by atoms with Crippen molar-refractivity contribution in [3.05, 3.63) is 34.9 Å². The van der Waals surface area contributed by atoms with E-state index in [0.717, 1.165) is 19.3 Å². The number of aryl methyl sites for hydroxylation is 2. The molecule has 0 aromatic heterocycles. The predicted molar refractivity (Wildman–Crippen MR) is 80.4 cm³/mol. The fourth-order valence-electron chi connectivity index (χ4n) is 3.23. The van der Waals surface area contributed by atoms with Crippen LogP contribution in [-0.2, 0) is 17.6 Å². The first kappa shape index (κ1) is 13.6. The molecule has 0 radical (unpaired) electrons. The molecule has 1 unspecified atom stereocenters. The Labute approximate surface area is 120 Å². The molecule has 2 aliphatic rings. The van der Waals surface area contributed by atoms with Crippen molar-refractivity contribution >= 4 is 5.91 Å². The van der Waals surface area contributed by atoms with Crippen LogP contribution in [0.25, 0.3) is 0 Å². The summed E-state index contributed by atoms with van der Waals surface area (Å²) in [6.07, 6.45) is 7.65. The summed E-state index contributed by atoms with van der Waals surface area (Å²) in [4.78, 5) is 12.2. The second-order valence-corrected chi connectivity index (χ2v) is 6.44. The Kier molecular flexibility index (Phi) is 3.55. The van der Waals surface area contributed by atoms with Gasteiger partial charge in [0.05, 0.1) is 11.6 Å². The molecule has 3 nitrogen and oxygen atoms in total. The van der Waals surface area contributed by atoms with Gasteiger partial charge in [-0.05, 0) is 68.6 Å². The lowest BCUT2D eigenvalue weighted by Gasteiger charge is -2.37. The Bertz CT molecular complexity index is 520. The first-order valence-electron chi connectivity index (χ1n) is 7.80. The summed E-state index contributed by atoms with van der Waals surface area (Å²) in [6.45, 7) is 2.05. The number of hydrogen-bond donors (Lipinski definition) is 2. The molecule has 1 saturated carbocycles. The van der Waals surface area contributed by atoms with Crippen molar-refractivity contribution in [3.8, 4) is 0 Å². The number of carbonyl (C=O) groups excluding carboxylic acids is 1.